The van der Waals surface area contributed by atoms with Crippen LogP contribution < -0.4 is 4.74 Å². The van der Waals surface area contributed by atoms with Crippen LogP contribution in [0.5, 0.6) is 5.75 Å². The van der Waals surface area contributed by atoms with Gasteiger partial charge in [0, 0.05) is 17.3 Å². The van der Waals surface area contributed by atoms with Crippen LogP contribution in [0.25, 0.3) is 22.6 Å². The summed E-state index contributed by atoms with van der Waals surface area (Å²) in [7, 11) is 0. The molecule has 218 valence electrons. The summed E-state index contributed by atoms with van der Waals surface area (Å²) in [5.74, 6) is -0.627. The van der Waals surface area contributed by atoms with Crippen molar-refractivity contribution in [3.8, 4) is 28.4 Å². The molecule has 12 heteroatoms. The number of alkyl halides is 3. The molecule has 5 rings (SSSR count). The van der Waals surface area contributed by atoms with Crippen LogP contribution in [0.15, 0.2) is 65.9 Å². The molecule has 2 aromatic carbocycles. The molecule has 0 bridgehead atoms. The highest BCUT2D eigenvalue weighted by atomic mass is 19.4. The van der Waals surface area contributed by atoms with Gasteiger partial charge in [0.25, 0.3) is 0 Å². The first-order valence-electron chi connectivity index (χ1n) is 13.3. The minimum absolute atomic E-state index is 0.0713. The Kier molecular flexibility index (Phi) is 8.23. The first-order chi connectivity index (χ1) is 20.2. The molecular formula is C30H27F4N5O3. The molecule has 3 heterocycles. The molecule has 0 saturated heterocycles. The van der Waals surface area contributed by atoms with Crippen molar-refractivity contribution >= 4 is 12.2 Å². The number of hydrogen-bond acceptors (Lipinski definition) is 7. The number of hydrogen-bond donors (Lipinski definition) is 1. The van der Waals surface area contributed by atoms with Crippen molar-refractivity contribution < 1.29 is 31.8 Å². The first kappa shape index (κ1) is 28.8. The Hall–Kier alpha value is -4.74. The number of H-pyrrole nitrogens is 1. The zero-order valence-corrected chi connectivity index (χ0v) is 22.8. The first-order valence-corrected chi connectivity index (χ1v) is 13.3. The Morgan fingerprint density at radius 1 is 1.10 bits per heavy atom. The molecule has 1 atom stereocenters. The number of aromatic nitrogens is 3. The normalized spacial score (nSPS) is 13.5. The van der Waals surface area contributed by atoms with Crippen LogP contribution in [0.4, 0.5) is 17.6 Å². The summed E-state index contributed by atoms with van der Waals surface area (Å²) < 4.78 is 66.8. The van der Waals surface area contributed by atoms with Crippen molar-refractivity contribution in [2.45, 2.75) is 39.0 Å². The van der Waals surface area contributed by atoms with E-state index in [0.717, 1.165) is 6.07 Å². The van der Waals surface area contributed by atoms with Gasteiger partial charge < -0.3 is 14.5 Å². The van der Waals surface area contributed by atoms with Gasteiger partial charge in [-0.15, -0.1) is 0 Å². The monoisotopic (exact) mass is 581 g/mol. The van der Waals surface area contributed by atoms with Crippen LogP contribution in [-0.2, 0) is 22.3 Å². The van der Waals surface area contributed by atoms with Gasteiger partial charge in [0.15, 0.2) is 6.04 Å². The van der Waals surface area contributed by atoms with Gasteiger partial charge >= 0.3 is 12.1 Å². The van der Waals surface area contributed by atoms with Crippen LogP contribution in [0.3, 0.4) is 0 Å². The minimum Gasteiger partial charge on any atom is -0.494 e. The Morgan fingerprint density at radius 3 is 2.60 bits per heavy atom. The number of imidazole rings is 1. The Labute approximate surface area is 239 Å². The summed E-state index contributed by atoms with van der Waals surface area (Å²) in [4.78, 5) is 24.9. The molecule has 0 aliphatic carbocycles. The van der Waals surface area contributed by atoms with E-state index in [2.05, 4.69) is 20.1 Å². The number of halogens is 4. The van der Waals surface area contributed by atoms with E-state index in [1.165, 1.54) is 47.8 Å². The third-order valence-corrected chi connectivity index (χ3v) is 6.54. The summed E-state index contributed by atoms with van der Waals surface area (Å²) >= 11 is 0. The molecule has 2 aromatic heterocycles. The van der Waals surface area contributed by atoms with Crippen LogP contribution in [0, 0.1) is 5.82 Å². The standard InChI is InChI=1S/C30H27F4N5O3/c1-3-13-42-19-10-11-20(22(14-19)30(32,33)34)24-12-9-18(15-35-24)27(29(40)41-4-2)39-17-26-25(16-36-39)37-28(38-26)21-7-5-6-8-23(21)31/h5-12,14-16,27H,3-4,13,17H2,1-2H3,(H,37,38). The van der Waals surface area contributed by atoms with E-state index in [1.54, 1.807) is 25.1 Å². The second-order valence-electron chi connectivity index (χ2n) is 9.45. The number of pyridine rings is 1. The van der Waals surface area contributed by atoms with Crippen LogP contribution in [0.2, 0.25) is 0 Å². The molecule has 0 spiro atoms. The number of fused-ring (bicyclic) bond motifs is 1. The molecule has 42 heavy (non-hydrogen) atoms. The van der Waals surface area contributed by atoms with Gasteiger partial charge in [0.2, 0.25) is 0 Å². The summed E-state index contributed by atoms with van der Waals surface area (Å²) in [5.41, 5.74) is 0.811. The predicted molar refractivity (Wildman–Crippen MR) is 147 cm³/mol. The molecule has 1 N–H and O–H groups in total. The number of aromatic amines is 1. The van der Waals surface area contributed by atoms with E-state index < -0.39 is 29.6 Å². The summed E-state index contributed by atoms with van der Waals surface area (Å²) in [6.07, 6.45) is -1.18. The SMILES string of the molecule is CCCOc1ccc(-c2ccc(C(C(=O)OCC)N3Cc4nc(-c5ccccc5F)[nH]c4C=N3)cn2)c(C(F)(F)F)c1. The lowest BCUT2D eigenvalue weighted by Gasteiger charge is -2.29. The smallest absolute Gasteiger partial charge is 0.417 e. The number of nitrogens with one attached hydrogen (secondary N) is 1. The van der Waals surface area contributed by atoms with Crippen LogP contribution >= 0.6 is 0 Å². The molecule has 0 fully saturated rings. The van der Waals surface area contributed by atoms with Gasteiger partial charge in [0.05, 0.1) is 54.2 Å². The zero-order chi connectivity index (χ0) is 29.9. The average Bonchev–Trinajstić information content (AvgIpc) is 3.40. The maximum Gasteiger partial charge on any atom is 0.417 e. The Balaban J connectivity index is 1.44. The fourth-order valence-electron chi connectivity index (χ4n) is 4.58. The van der Waals surface area contributed by atoms with E-state index in [9.17, 15) is 22.4 Å². The maximum absolute atomic E-state index is 14.3. The number of carbonyl (C=O) groups excluding carboxylic acids is 1. The van der Waals surface area contributed by atoms with Gasteiger partial charge in [-0.25, -0.2) is 14.2 Å². The van der Waals surface area contributed by atoms with Gasteiger partial charge in [-0.1, -0.05) is 25.1 Å². The quantitative estimate of drug-likeness (QED) is 0.178. The number of rotatable bonds is 9. The van der Waals surface area contributed by atoms with Gasteiger partial charge in [-0.05, 0) is 49.7 Å². The van der Waals surface area contributed by atoms with E-state index in [4.69, 9.17) is 9.47 Å². The fourth-order valence-corrected chi connectivity index (χ4v) is 4.58. The fraction of sp³-hybridized carbons (Fsp3) is 0.267. The largest absolute Gasteiger partial charge is 0.494 e. The van der Waals surface area contributed by atoms with E-state index >= 15 is 0 Å². The topological polar surface area (TPSA) is 92.7 Å². The summed E-state index contributed by atoms with van der Waals surface area (Å²) in [6.45, 7) is 4.00. The number of ether oxygens (including phenoxy) is 2. The Bertz CT molecular complexity index is 1600. The van der Waals surface area contributed by atoms with E-state index in [-0.39, 0.29) is 35.7 Å². The number of benzene rings is 2. The van der Waals surface area contributed by atoms with Crippen molar-refractivity contribution in [2.75, 3.05) is 13.2 Å². The number of carbonyl (C=O) groups is 1. The summed E-state index contributed by atoms with van der Waals surface area (Å²) in [6, 6.07) is 11.8. The molecule has 8 nitrogen and oxygen atoms in total. The number of hydrazone groups is 1. The van der Waals surface area contributed by atoms with Crippen molar-refractivity contribution in [2.24, 2.45) is 5.10 Å². The molecule has 0 amide bonds. The molecule has 0 radical (unpaired) electrons. The van der Waals surface area contributed by atoms with E-state index in [0.29, 0.717) is 35.8 Å². The highest BCUT2D eigenvalue weighted by Gasteiger charge is 2.35. The van der Waals surface area contributed by atoms with Gasteiger partial charge in [-0.2, -0.15) is 18.3 Å². The third-order valence-electron chi connectivity index (χ3n) is 6.54. The van der Waals surface area contributed by atoms with Gasteiger partial charge in [-0.3, -0.25) is 9.99 Å². The number of esters is 1. The lowest BCUT2D eigenvalue weighted by Crippen LogP contribution is -2.33. The maximum atomic E-state index is 14.3. The zero-order valence-electron chi connectivity index (χ0n) is 22.8. The lowest BCUT2D eigenvalue weighted by atomic mass is 10.0. The molecular weight excluding hydrogens is 554 g/mol. The van der Waals surface area contributed by atoms with Crippen molar-refractivity contribution in [3.63, 3.8) is 0 Å². The molecule has 1 aliphatic heterocycles. The predicted octanol–water partition coefficient (Wildman–Crippen LogP) is 6.54. The molecule has 1 unspecified atom stereocenters. The molecule has 1 aliphatic rings. The number of nitrogens with zero attached hydrogens (tertiary/aromatic N) is 4. The third kappa shape index (κ3) is 5.97. The van der Waals surface area contributed by atoms with Crippen LogP contribution in [-0.4, -0.2) is 45.4 Å². The van der Waals surface area contributed by atoms with Gasteiger partial charge in [0.1, 0.15) is 17.4 Å². The second kappa shape index (κ2) is 12.0. The molecule has 4 aromatic rings. The highest BCUT2D eigenvalue weighted by Crippen LogP contribution is 2.39. The van der Waals surface area contributed by atoms with E-state index in [1.807, 2.05) is 6.92 Å². The minimum atomic E-state index is -4.64. The van der Waals surface area contributed by atoms with Crippen LogP contribution in [0.1, 0.15) is 48.8 Å². The van der Waals surface area contributed by atoms with Crippen molar-refractivity contribution in [1.29, 1.82) is 0 Å². The Morgan fingerprint density at radius 2 is 1.90 bits per heavy atom. The highest BCUT2D eigenvalue weighted by molar-refractivity contribution is 5.82. The molecule has 0 saturated carbocycles. The average molecular weight is 582 g/mol. The van der Waals surface area contributed by atoms with Crippen molar-refractivity contribution in [1.82, 2.24) is 20.0 Å². The summed E-state index contributed by atoms with van der Waals surface area (Å²) in [5, 5.41) is 5.84. The van der Waals surface area contributed by atoms with Crippen molar-refractivity contribution in [3.05, 3.63) is 89.1 Å². The second-order valence-corrected chi connectivity index (χ2v) is 9.45. The lowest BCUT2D eigenvalue weighted by molar-refractivity contribution is -0.150.